The number of piperidine rings is 1. The average Bonchev–Trinajstić information content (AvgIpc) is 2.72. The molecule has 0 N–H and O–H groups in total. The third kappa shape index (κ3) is 2.24. The molecule has 1 saturated heterocycles. The zero-order chi connectivity index (χ0) is 11.8. The fourth-order valence-corrected chi connectivity index (χ4v) is 2.81. The van der Waals surface area contributed by atoms with E-state index in [4.69, 9.17) is 4.42 Å². The highest BCUT2D eigenvalue weighted by molar-refractivity contribution is 9.10. The van der Waals surface area contributed by atoms with Gasteiger partial charge in [0.25, 0.3) is 0 Å². The molecule has 0 aliphatic carbocycles. The maximum Gasteiger partial charge on any atom is 0.199 e. The minimum atomic E-state index is 0.444. The molecule has 4 heteroatoms. The maximum atomic E-state index is 5.85. The largest absolute Gasteiger partial charge is 0.440 e. The van der Waals surface area contributed by atoms with Crippen LogP contribution in [0, 0.1) is 0 Å². The molecular formula is C13H15BrN2O. The first kappa shape index (κ1) is 11.2. The van der Waals surface area contributed by atoms with Crippen LogP contribution in [0.3, 0.4) is 0 Å². The van der Waals surface area contributed by atoms with Crippen LogP contribution in [0.15, 0.2) is 27.1 Å². The second-order valence-electron chi connectivity index (χ2n) is 4.77. The summed E-state index contributed by atoms with van der Waals surface area (Å²) in [6, 6.07) is 5.97. The molecule has 1 aliphatic rings. The summed E-state index contributed by atoms with van der Waals surface area (Å²) in [5.41, 5.74) is 1.83. The van der Waals surface area contributed by atoms with E-state index in [2.05, 4.69) is 32.9 Å². The Morgan fingerprint density at radius 3 is 3.18 bits per heavy atom. The summed E-state index contributed by atoms with van der Waals surface area (Å²) in [5, 5.41) is 0. The van der Waals surface area contributed by atoms with Gasteiger partial charge in [-0.15, -0.1) is 0 Å². The Balaban J connectivity index is 1.94. The molecule has 1 fully saturated rings. The summed E-state index contributed by atoms with van der Waals surface area (Å²) in [6.07, 6.45) is 2.40. The molecule has 1 aliphatic heterocycles. The van der Waals surface area contributed by atoms with Gasteiger partial charge in [-0.25, -0.2) is 4.98 Å². The van der Waals surface area contributed by atoms with Crippen molar-refractivity contribution < 1.29 is 4.42 Å². The molecule has 1 aromatic heterocycles. The SMILES string of the molecule is CN1CCC[C@@H](c2nc3cc(Br)ccc3o2)C1. The van der Waals surface area contributed by atoms with Crippen LogP contribution in [0.5, 0.6) is 0 Å². The molecule has 0 bridgehead atoms. The van der Waals surface area contributed by atoms with Crippen molar-refractivity contribution in [3.05, 3.63) is 28.6 Å². The first-order valence-electron chi connectivity index (χ1n) is 5.97. The van der Waals surface area contributed by atoms with Crippen LogP contribution < -0.4 is 0 Å². The first-order chi connectivity index (χ1) is 8.22. The normalized spacial score (nSPS) is 22.1. The highest BCUT2D eigenvalue weighted by atomic mass is 79.9. The van der Waals surface area contributed by atoms with Crippen LogP contribution in [0.4, 0.5) is 0 Å². The van der Waals surface area contributed by atoms with Gasteiger partial charge in [-0.3, -0.25) is 0 Å². The van der Waals surface area contributed by atoms with Gasteiger partial charge in [-0.05, 0) is 44.6 Å². The number of likely N-dealkylation sites (N-methyl/N-ethyl adjacent to an activating group) is 1. The molecule has 2 aromatic rings. The second-order valence-corrected chi connectivity index (χ2v) is 5.68. The Morgan fingerprint density at radius 1 is 1.47 bits per heavy atom. The number of benzene rings is 1. The van der Waals surface area contributed by atoms with E-state index in [1.807, 2.05) is 18.2 Å². The van der Waals surface area contributed by atoms with E-state index < -0.39 is 0 Å². The Hall–Kier alpha value is -0.870. The van der Waals surface area contributed by atoms with Crippen molar-refractivity contribution in [2.45, 2.75) is 18.8 Å². The number of oxazole rings is 1. The van der Waals surface area contributed by atoms with Gasteiger partial charge in [0.1, 0.15) is 5.52 Å². The van der Waals surface area contributed by atoms with Crippen molar-refractivity contribution in [1.29, 1.82) is 0 Å². The molecule has 2 heterocycles. The summed E-state index contributed by atoms with van der Waals surface area (Å²) in [4.78, 5) is 6.95. The summed E-state index contributed by atoms with van der Waals surface area (Å²) in [6.45, 7) is 2.23. The zero-order valence-electron chi connectivity index (χ0n) is 9.82. The van der Waals surface area contributed by atoms with Gasteiger partial charge in [0.15, 0.2) is 11.5 Å². The summed E-state index contributed by atoms with van der Waals surface area (Å²) < 4.78 is 6.90. The topological polar surface area (TPSA) is 29.3 Å². The first-order valence-corrected chi connectivity index (χ1v) is 6.76. The minimum Gasteiger partial charge on any atom is -0.440 e. The Bertz CT molecular complexity index is 537. The van der Waals surface area contributed by atoms with Crippen LogP contribution >= 0.6 is 15.9 Å². The molecule has 90 valence electrons. The molecule has 0 amide bonds. The summed E-state index contributed by atoms with van der Waals surface area (Å²) in [5.74, 6) is 1.34. The third-order valence-corrected chi connectivity index (χ3v) is 3.83. The molecule has 3 rings (SSSR count). The van der Waals surface area contributed by atoms with Gasteiger partial charge in [-0.1, -0.05) is 15.9 Å². The number of fused-ring (bicyclic) bond motifs is 1. The highest BCUT2D eigenvalue weighted by Gasteiger charge is 2.23. The number of hydrogen-bond donors (Lipinski definition) is 0. The molecule has 3 nitrogen and oxygen atoms in total. The second kappa shape index (κ2) is 4.42. The number of nitrogens with zero attached hydrogens (tertiary/aromatic N) is 2. The molecule has 0 spiro atoms. The van der Waals surface area contributed by atoms with E-state index in [-0.39, 0.29) is 0 Å². The number of likely N-dealkylation sites (tertiary alicyclic amines) is 1. The molecule has 0 saturated carbocycles. The average molecular weight is 295 g/mol. The van der Waals surface area contributed by atoms with Crippen molar-refractivity contribution in [2.75, 3.05) is 20.1 Å². The minimum absolute atomic E-state index is 0.444. The Kier molecular flexibility index (Phi) is 2.92. The van der Waals surface area contributed by atoms with E-state index in [0.29, 0.717) is 5.92 Å². The van der Waals surface area contributed by atoms with Crippen molar-refractivity contribution in [1.82, 2.24) is 9.88 Å². The van der Waals surface area contributed by atoms with Crippen LogP contribution in [0.1, 0.15) is 24.7 Å². The van der Waals surface area contributed by atoms with Crippen LogP contribution in [-0.4, -0.2) is 30.0 Å². The smallest absolute Gasteiger partial charge is 0.199 e. The van der Waals surface area contributed by atoms with Crippen molar-refractivity contribution >= 4 is 27.0 Å². The van der Waals surface area contributed by atoms with E-state index in [0.717, 1.165) is 28.0 Å². The zero-order valence-corrected chi connectivity index (χ0v) is 11.4. The van der Waals surface area contributed by atoms with Crippen LogP contribution in [0.25, 0.3) is 11.1 Å². The predicted octanol–water partition coefficient (Wildman–Crippen LogP) is 3.40. The number of rotatable bonds is 1. The van der Waals surface area contributed by atoms with Gasteiger partial charge >= 0.3 is 0 Å². The van der Waals surface area contributed by atoms with Crippen LogP contribution in [-0.2, 0) is 0 Å². The number of halogens is 1. The van der Waals surface area contributed by atoms with E-state index in [9.17, 15) is 0 Å². The van der Waals surface area contributed by atoms with Gasteiger partial charge < -0.3 is 9.32 Å². The van der Waals surface area contributed by atoms with Gasteiger partial charge in [0, 0.05) is 16.9 Å². The summed E-state index contributed by atoms with van der Waals surface area (Å²) in [7, 11) is 2.16. The van der Waals surface area contributed by atoms with E-state index in [1.54, 1.807) is 0 Å². The van der Waals surface area contributed by atoms with Gasteiger partial charge in [-0.2, -0.15) is 0 Å². The van der Waals surface area contributed by atoms with Gasteiger partial charge in [0.05, 0.1) is 0 Å². The van der Waals surface area contributed by atoms with E-state index in [1.165, 1.54) is 19.4 Å². The number of hydrogen-bond acceptors (Lipinski definition) is 3. The lowest BCUT2D eigenvalue weighted by atomic mass is 9.99. The lowest BCUT2D eigenvalue weighted by molar-refractivity contribution is 0.232. The quantitative estimate of drug-likeness (QED) is 0.807. The number of aromatic nitrogens is 1. The van der Waals surface area contributed by atoms with Crippen molar-refractivity contribution in [2.24, 2.45) is 0 Å². The van der Waals surface area contributed by atoms with Crippen LogP contribution in [0.2, 0.25) is 0 Å². The van der Waals surface area contributed by atoms with E-state index >= 15 is 0 Å². The predicted molar refractivity (Wildman–Crippen MR) is 71.2 cm³/mol. The lowest BCUT2D eigenvalue weighted by Crippen LogP contribution is -2.30. The fraction of sp³-hybridized carbons (Fsp3) is 0.462. The molecule has 0 radical (unpaired) electrons. The highest BCUT2D eigenvalue weighted by Crippen LogP contribution is 2.29. The molecule has 0 unspecified atom stereocenters. The van der Waals surface area contributed by atoms with Crippen molar-refractivity contribution in [3.63, 3.8) is 0 Å². The van der Waals surface area contributed by atoms with Gasteiger partial charge in [0.2, 0.25) is 0 Å². The Labute approximate surface area is 109 Å². The Morgan fingerprint density at radius 2 is 2.35 bits per heavy atom. The third-order valence-electron chi connectivity index (χ3n) is 3.34. The standard InChI is InChI=1S/C13H15BrN2O/c1-16-6-2-3-9(8-16)13-15-11-7-10(14)4-5-12(11)17-13/h4-5,7,9H,2-3,6,8H2,1H3/t9-/m1/s1. The molecular weight excluding hydrogens is 280 g/mol. The molecule has 1 atom stereocenters. The lowest BCUT2D eigenvalue weighted by Gasteiger charge is -2.27. The van der Waals surface area contributed by atoms with Crippen molar-refractivity contribution in [3.8, 4) is 0 Å². The fourth-order valence-electron chi connectivity index (χ4n) is 2.46. The maximum absolute atomic E-state index is 5.85. The summed E-state index contributed by atoms with van der Waals surface area (Å²) >= 11 is 3.46. The molecule has 1 aromatic carbocycles. The monoisotopic (exact) mass is 294 g/mol. The molecule has 17 heavy (non-hydrogen) atoms.